The average Bonchev–Trinajstić information content (AvgIpc) is 2.08. The molecule has 0 spiro atoms. The fourth-order valence-corrected chi connectivity index (χ4v) is 0.708. The summed E-state index contributed by atoms with van der Waals surface area (Å²) in [6.07, 6.45) is 0.0393. The van der Waals surface area contributed by atoms with Crippen LogP contribution < -0.4 is 0 Å². The standard InChI is InChI=1S/C7H4F2O3/c8-4-1-3(2-10)5(9)7(12)6(4)11/h1-2,11-12H. The molecule has 0 aliphatic carbocycles. The Labute approximate surface area is 65.9 Å². The minimum atomic E-state index is -1.33. The highest BCUT2D eigenvalue weighted by Crippen LogP contribution is 2.32. The summed E-state index contributed by atoms with van der Waals surface area (Å²) in [5.74, 6) is -5.02. The summed E-state index contributed by atoms with van der Waals surface area (Å²) >= 11 is 0. The van der Waals surface area contributed by atoms with Gasteiger partial charge in [-0.25, -0.2) is 8.78 Å². The van der Waals surface area contributed by atoms with Crippen molar-refractivity contribution in [3.8, 4) is 11.5 Å². The molecule has 0 unspecified atom stereocenters. The third-order valence-corrected chi connectivity index (χ3v) is 1.32. The molecular weight excluding hydrogens is 170 g/mol. The zero-order chi connectivity index (χ0) is 9.30. The number of halogens is 2. The van der Waals surface area contributed by atoms with Crippen molar-refractivity contribution in [2.24, 2.45) is 0 Å². The molecular formula is C7H4F2O3. The molecule has 12 heavy (non-hydrogen) atoms. The summed E-state index contributed by atoms with van der Waals surface area (Å²) in [6.45, 7) is 0. The SMILES string of the molecule is O=Cc1cc(F)c(O)c(O)c1F. The van der Waals surface area contributed by atoms with Gasteiger partial charge in [0.2, 0.25) is 0 Å². The second kappa shape index (κ2) is 2.77. The number of rotatable bonds is 1. The Morgan fingerprint density at radius 3 is 2.33 bits per heavy atom. The summed E-state index contributed by atoms with van der Waals surface area (Å²) in [5, 5.41) is 17.3. The zero-order valence-electron chi connectivity index (χ0n) is 5.71. The van der Waals surface area contributed by atoms with E-state index in [-0.39, 0.29) is 6.29 Å². The minimum Gasteiger partial charge on any atom is -0.502 e. The fraction of sp³-hybridized carbons (Fsp3) is 0. The molecule has 1 aromatic carbocycles. The van der Waals surface area contributed by atoms with Gasteiger partial charge in [0.25, 0.3) is 0 Å². The fourth-order valence-electron chi connectivity index (χ4n) is 0.708. The summed E-state index contributed by atoms with van der Waals surface area (Å²) < 4.78 is 25.1. The molecule has 1 rings (SSSR count). The molecule has 5 heteroatoms. The molecule has 1 aromatic rings. The lowest BCUT2D eigenvalue weighted by molar-refractivity contribution is 0.111. The number of hydrogen-bond acceptors (Lipinski definition) is 3. The lowest BCUT2D eigenvalue weighted by Crippen LogP contribution is -1.91. The van der Waals surface area contributed by atoms with Crippen LogP contribution in [0.25, 0.3) is 0 Å². The van der Waals surface area contributed by atoms with E-state index in [9.17, 15) is 13.6 Å². The van der Waals surface area contributed by atoms with Crippen LogP contribution in [-0.4, -0.2) is 16.5 Å². The van der Waals surface area contributed by atoms with Gasteiger partial charge in [-0.3, -0.25) is 4.79 Å². The monoisotopic (exact) mass is 174 g/mol. The third kappa shape index (κ3) is 1.09. The Bertz CT molecular complexity index is 336. The number of hydrogen-bond donors (Lipinski definition) is 2. The summed E-state index contributed by atoms with van der Waals surface area (Å²) in [4.78, 5) is 10.0. The number of aldehydes is 1. The topological polar surface area (TPSA) is 57.5 Å². The van der Waals surface area contributed by atoms with Crippen LogP contribution in [0.5, 0.6) is 11.5 Å². The number of carbonyl (C=O) groups is 1. The quantitative estimate of drug-likeness (QED) is 0.496. The number of benzene rings is 1. The molecule has 64 valence electrons. The number of phenols is 2. The van der Waals surface area contributed by atoms with Crippen molar-refractivity contribution in [3.63, 3.8) is 0 Å². The van der Waals surface area contributed by atoms with E-state index in [1.54, 1.807) is 0 Å². The maximum Gasteiger partial charge on any atom is 0.197 e. The van der Waals surface area contributed by atoms with Gasteiger partial charge < -0.3 is 10.2 Å². The first kappa shape index (κ1) is 8.45. The van der Waals surface area contributed by atoms with Gasteiger partial charge in [0.05, 0.1) is 5.56 Å². The van der Waals surface area contributed by atoms with Crippen molar-refractivity contribution in [3.05, 3.63) is 23.3 Å². The first-order valence-electron chi connectivity index (χ1n) is 2.93. The molecule has 0 heterocycles. The van der Waals surface area contributed by atoms with Crippen LogP contribution in [-0.2, 0) is 0 Å². The average molecular weight is 174 g/mol. The van der Waals surface area contributed by atoms with Crippen LogP contribution in [0.4, 0.5) is 8.78 Å². The van der Waals surface area contributed by atoms with Crippen LogP contribution >= 0.6 is 0 Å². The predicted molar refractivity (Wildman–Crippen MR) is 35.1 cm³/mol. The lowest BCUT2D eigenvalue weighted by Gasteiger charge is -2.01. The van der Waals surface area contributed by atoms with Crippen molar-refractivity contribution in [1.82, 2.24) is 0 Å². The normalized spacial score (nSPS) is 9.83. The Balaban J connectivity index is 3.49. The van der Waals surface area contributed by atoms with Gasteiger partial charge in [0.15, 0.2) is 29.4 Å². The third-order valence-electron chi connectivity index (χ3n) is 1.32. The van der Waals surface area contributed by atoms with E-state index in [1.165, 1.54) is 0 Å². The molecule has 0 bridgehead atoms. The first-order chi connectivity index (χ1) is 5.57. The molecule has 0 atom stereocenters. The largest absolute Gasteiger partial charge is 0.502 e. The second-order valence-corrected chi connectivity index (χ2v) is 2.08. The van der Waals surface area contributed by atoms with E-state index >= 15 is 0 Å². The smallest absolute Gasteiger partial charge is 0.197 e. The molecule has 0 saturated carbocycles. The molecule has 2 N–H and O–H groups in total. The lowest BCUT2D eigenvalue weighted by atomic mass is 10.2. The minimum absolute atomic E-state index is 0.0393. The van der Waals surface area contributed by atoms with Crippen LogP contribution in [0.2, 0.25) is 0 Å². The highest BCUT2D eigenvalue weighted by atomic mass is 19.1. The van der Waals surface area contributed by atoms with E-state index in [0.29, 0.717) is 6.07 Å². The Hall–Kier alpha value is -1.65. The van der Waals surface area contributed by atoms with Crippen molar-refractivity contribution in [2.75, 3.05) is 0 Å². The van der Waals surface area contributed by atoms with Crippen molar-refractivity contribution < 1.29 is 23.8 Å². The molecule has 3 nitrogen and oxygen atoms in total. The Morgan fingerprint density at radius 2 is 1.83 bits per heavy atom. The van der Waals surface area contributed by atoms with Crippen LogP contribution in [0.15, 0.2) is 6.07 Å². The summed E-state index contributed by atoms with van der Waals surface area (Å²) in [6, 6.07) is 0.497. The molecule has 0 fully saturated rings. The van der Waals surface area contributed by atoms with Gasteiger partial charge >= 0.3 is 0 Å². The Morgan fingerprint density at radius 1 is 1.25 bits per heavy atom. The van der Waals surface area contributed by atoms with E-state index in [4.69, 9.17) is 10.2 Å². The zero-order valence-corrected chi connectivity index (χ0v) is 5.71. The number of phenolic OH excluding ortho intramolecular Hbond substituents is 2. The van der Waals surface area contributed by atoms with Crippen molar-refractivity contribution in [1.29, 1.82) is 0 Å². The van der Waals surface area contributed by atoms with Gasteiger partial charge in [-0.2, -0.15) is 0 Å². The van der Waals surface area contributed by atoms with Gasteiger partial charge in [-0.15, -0.1) is 0 Å². The first-order valence-corrected chi connectivity index (χ1v) is 2.93. The number of carbonyl (C=O) groups excluding carboxylic acids is 1. The molecule has 0 radical (unpaired) electrons. The van der Waals surface area contributed by atoms with E-state index in [1.807, 2.05) is 0 Å². The van der Waals surface area contributed by atoms with Gasteiger partial charge in [0, 0.05) is 0 Å². The molecule has 0 aromatic heterocycles. The van der Waals surface area contributed by atoms with Crippen LogP contribution in [0, 0.1) is 11.6 Å². The van der Waals surface area contributed by atoms with E-state index in [2.05, 4.69) is 0 Å². The highest BCUT2D eigenvalue weighted by Gasteiger charge is 2.16. The maximum absolute atomic E-state index is 12.6. The molecule has 0 saturated heterocycles. The molecule has 0 aliphatic heterocycles. The van der Waals surface area contributed by atoms with Crippen molar-refractivity contribution in [2.45, 2.75) is 0 Å². The van der Waals surface area contributed by atoms with Crippen LogP contribution in [0.1, 0.15) is 10.4 Å². The van der Waals surface area contributed by atoms with E-state index < -0.39 is 28.7 Å². The van der Waals surface area contributed by atoms with Gasteiger partial charge in [-0.05, 0) is 6.07 Å². The van der Waals surface area contributed by atoms with Gasteiger partial charge in [0.1, 0.15) is 0 Å². The highest BCUT2D eigenvalue weighted by molar-refractivity contribution is 5.77. The maximum atomic E-state index is 12.6. The molecule has 0 amide bonds. The van der Waals surface area contributed by atoms with Gasteiger partial charge in [-0.1, -0.05) is 0 Å². The van der Waals surface area contributed by atoms with E-state index in [0.717, 1.165) is 0 Å². The predicted octanol–water partition coefficient (Wildman–Crippen LogP) is 1.19. The summed E-state index contributed by atoms with van der Waals surface area (Å²) in [5.41, 5.74) is -0.636. The Kier molecular flexibility index (Phi) is 1.95. The second-order valence-electron chi connectivity index (χ2n) is 2.08. The summed E-state index contributed by atoms with van der Waals surface area (Å²) in [7, 11) is 0. The van der Waals surface area contributed by atoms with Crippen LogP contribution in [0.3, 0.4) is 0 Å². The number of aromatic hydroxyl groups is 2. The van der Waals surface area contributed by atoms with Crippen molar-refractivity contribution >= 4 is 6.29 Å². The molecule has 0 aliphatic rings.